The van der Waals surface area contributed by atoms with Gasteiger partial charge in [0.1, 0.15) is 0 Å². The molecule has 0 aromatic heterocycles. The normalized spacial score (nSPS) is 10.9. The molecule has 2 heteroatoms. The Labute approximate surface area is 75.4 Å². The van der Waals surface area contributed by atoms with Crippen molar-refractivity contribution in [2.75, 3.05) is 7.05 Å². The summed E-state index contributed by atoms with van der Waals surface area (Å²) >= 11 is 0. The molecule has 0 aliphatic carbocycles. The Morgan fingerprint density at radius 1 is 1.42 bits per heavy atom. The topological polar surface area (TPSA) is 29.4 Å². The fourth-order valence-corrected chi connectivity index (χ4v) is 0.579. The smallest absolute Gasteiger partial charge is 0.177 e. The third kappa shape index (κ3) is 7.19. The van der Waals surface area contributed by atoms with E-state index in [2.05, 4.69) is 4.99 Å². The van der Waals surface area contributed by atoms with Gasteiger partial charge in [0.25, 0.3) is 0 Å². The summed E-state index contributed by atoms with van der Waals surface area (Å²) in [4.78, 5) is 14.5. The molecule has 0 radical (unpaired) electrons. The second kappa shape index (κ2) is 10.1. The van der Waals surface area contributed by atoms with Crippen LogP contribution in [-0.2, 0) is 4.79 Å². The number of hydrogen-bond acceptors (Lipinski definition) is 2. The Bertz CT molecular complexity index is 169. The van der Waals surface area contributed by atoms with Crippen LogP contribution < -0.4 is 0 Å². The average Bonchev–Trinajstić information content (AvgIpc) is 2.09. The second-order valence-corrected chi connectivity index (χ2v) is 1.98. The number of Topliss-reactive ketones (excluding diaryl/α,β-unsaturated/α-hetero) is 1. The van der Waals surface area contributed by atoms with Gasteiger partial charge in [-0.25, -0.2) is 0 Å². The molecule has 0 heterocycles. The Morgan fingerprint density at radius 3 is 2.17 bits per heavy atom. The first-order valence-electron chi connectivity index (χ1n) is 4.36. The van der Waals surface area contributed by atoms with Crippen LogP contribution in [0, 0.1) is 0 Å². The molecule has 70 valence electrons. The fourth-order valence-electron chi connectivity index (χ4n) is 0.579. The lowest BCUT2D eigenvalue weighted by molar-refractivity contribution is -0.111. The van der Waals surface area contributed by atoms with Crippen LogP contribution in [0.3, 0.4) is 0 Å². The lowest BCUT2D eigenvalue weighted by Crippen LogP contribution is -2.05. The van der Waals surface area contributed by atoms with E-state index < -0.39 is 0 Å². The quantitative estimate of drug-likeness (QED) is 0.597. The summed E-state index contributed by atoms with van der Waals surface area (Å²) in [6.45, 7) is 7.53. The van der Waals surface area contributed by atoms with Gasteiger partial charge in [0.2, 0.25) is 0 Å². The molecule has 0 aliphatic rings. The Morgan fingerprint density at radius 2 is 1.92 bits per heavy atom. The SMILES string of the molecule is CC.CC/C=C\C(=NC)C(C)=O. The summed E-state index contributed by atoms with van der Waals surface area (Å²) in [5, 5.41) is 0. The van der Waals surface area contributed by atoms with Gasteiger partial charge in [-0.3, -0.25) is 9.79 Å². The van der Waals surface area contributed by atoms with Crippen molar-refractivity contribution < 1.29 is 4.79 Å². The number of allylic oxidation sites excluding steroid dienone is 2. The highest BCUT2D eigenvalue weighted by Gasteiger charge is 1.96. The first kappa shape index (κ1) is 13.7. The van der Waals surface area contributed by atoms with Crippen LogP contribution in [0.15, 0.2) is 17.1 Å². The summed E-state index contributed by atoms with van der Waals surface area (Å²) in [5.41, 5.74) is 0.543. The molecule has 12 heavy (non-hydrogen) atoms. The standard InChI is InChI=1S/C8H13NO.C2H6/c1-4-5-6-8(9-3)7(2)10;1-2/h5-6H,4H2,1-3H3;1-2H3/b6-5-,9-8?;. The maximum Gasteiger partial charge on any atom is 0.177 e. The lowest BCUT2D eigenvalue weighted by Gasteiger charge is -1.89. The van der Waals surface area contributed by atoms with Crippen molar-refractivity contribution in [3.63, 3.8) is 0 Å². The molecular weight excluding hydrogens is 150 g/mol. The van der Waals surface area contributed by atoms with Crippen molar-refractivity contribution in [3.8, 4) is 0 Å². The van der Waals surface area contributed by atoms with Gasteiger partial charge in [-0.1, -0.05) is 26.8 Å². The molecule has 0 aromatic rings. The van der Waals surface area contributed by atoms with Crippen LogP contribution in [0.5, 0.6) is 0 Å². The number of hydrogen-bond donors (Lipinski definition) is 0. The van der Waals surface area contributed by atoms with Crippen LogP contribution >= 0.6 is 0 Å². The van der Waals surface area contributed by atoms with Crippen LogP contribution in [0.4, 0.5) is 0 Å². The first-order valence-corrected chi connectivity index (χ1v) is 4.36. The monoisotopic (exact) mass is 169 g/mol. The molecule has 2 nitrogen and oxygen atoms in total. The Kier molecular flexibility index (Phi) is 11.5. The van der Waals surface area contributed by atoms with Crippen LogP contribution in [0.2, 0.25) is 0 Å². The first-order chi connectivity index (χ1) is 5.72. The largest absolute Gasteiger partial charge is 0.293 e. The van der Waals surface area contributed by atoms with E-state index in [1.54, 1.807) is 13.1 Å². The molecule has 0 atom stereocenters. The van der Waals surface area contributed by atoms with Crippen LogP contribution in [-0.4, -0.2) is 18.5 Å². The highest BCUT2D eigenvalue weighted by Crippen LogP contribution is 1.86. The predicted molar refractivity (Wildman–Crippen MR) is 54.8 cm³/mol. The molecule has 0 amide bonds. The van der Waals surface area contributed by atoms with Crippen LogP contribution in [0.1, 0.15) is 34.1 Å². The highest BCUT2D eigenvalue weighted by molar-refractivity contribution is 6.43. The number of carbonyl (C=O) groups excluding carboxylic acids is 1. The molecule has 0 unspecified atom stereocenters. The Hall–Kier alpha value is -0.920. The molecule has 0 rings (SSSR count). The third-order valence-electron chi connectivity index (χ3n) is 1.11. The van der Waals surface area contributed by atoms with Gasteiger partial charge in [-0.15, -0.1) is 0 Å². The van der Waals surface area contributed by atoms with Gasteiger partial charge in [-0.05, 0) is 12.5 Å². The van der Waals surface area contributed by atoms with Crippen molar-refractivity contribution in [1.29, 1.82) is 0 Å². The highest BCUT2D eigenvalue weighted by atomic mass is 16.1. The van der Waals surface area contributed by atoms with Gasteiger partial charge in [0.15, 0.2) is 5.78 Å². The average molecular weight is 169 g/mol. The zero-order valence-corrected chi connectivity index (χ0v) is 8.72. The molecule has 0 aromatic carbocycles. The number of carbonyl (C=O) groups is 1. The van der Waals surface area contributed by atoms with E-state index in [9.17, 15) is 4.79 Å². The Balaban J connectivity index is 0. The molecule has 0 saturated carbocycles. The van der Waals surface area contributed by atoms with Crippen molar-refractivity contribution >= 4 is 11.5 Å². The predicted octanol–water partition coefficient (Wildman–Crippen LogP) is 2.64. The summed E-state index contributed by atoms with van der Waals surface area (Å²) in [7, 11) is 1.62. The van der Waals surface area contributed by atoms with E-state index in [1.165, 1.54) is 6.92 Å². The van der Waals surface area contributed by atoms with Crippen molar-refractivity contribution in [2.24, 2.45) is 4.99 Å². The maximum absolute atomic E-state index is 10.7. The van der Waals surface area contributed by atoms with Gasteiger partial charge >= 0.3 is 0 Å². The molecule has 0 N–H and O–H groups in total. The van der Waals surface area contributed by atoms with Gasteiger partial charge in [-0.2, -0.15) is 0 Å². The van der Waals surface area contributed by atoms with Gasteiger partial charge in [0, 0.05) is 14.0 Å². The molecule has 0 fully saturated rings. The molecule has 0 bridgehead atoms. The summed E-state index contributed by atoms with van der Waals surface area (Å²) in [5.74, 6) is 0.0206. The van der Waals surface area contributed by atoms with E-state index >= 15 is 0 Å². The minimum Gasteiger partial charge on any atom is -0.293 e. The van der Waals surface area contributed by atoms with Crippen molar-refractivity contribution in [3.05, 3.63) is 12.2 Å². The summed E-state index contributed by atoms with van der Waals surface area (Å²) in [6.07, 6.45) is 4.61. The minimum absolute atomic E-state index is 0.0206. The number of rotatable bonds is 3. The van der Waals surface area contributed by atoms with E-state index in [1.807, 2.05) is 26.8 Å². The molecule has 0 saturated heterocycles. The van der Waals surface area contributed by atoms with Crippen molar-refractivity contribution in [2.45, 2.75) is 34.1 Å². The van der Waals surface area contributed by atoms with Crippen molar-refractivity contribution in [1.82, 2.24) is 0 Å². The van der Waals surface area contributed by atoms with E-state index in [-0.39, 0.29) is 5.78 Å². The van der Waals surface area contributed by atoms with E-state index in [0.29, 0.717) is 5.71 Å². The molecule has 0 aliphatic heterocycles. The second-order valence-electron chi connectivity index (χ2n) is 1.98. The lowest BCUT2D eigenvalue weighted by atomic mass is 10.2. The fraction of sp³-hybridized carbons (Fsp3) is 0.600. The number of nitrogens with zero attached hydrogens (tertiary/aromatic N) is 1. The maximum atomic E-state index is 10.7. The molecular formula is C10H19NO. The number of ketones is 1. The summed E-state index contributed by atoms with van der Waals surface area (Å²) < 4.78 is 0. The zero-order valence-electron chi connectivity index (χ0n) is 8.72. The van der Waals surface area contributed by atoms with E-state index in [0.717, 1.165) is 6.42 Å². The van der Waals surface area contributed by atoms with E-state index in [4.69, 9.17) is 0 Å². The van der Waals surface area contributed by atoms with Gasteiger partial charge < -0.3 is 0 Å². The zero-order chi connectivity index (χ0) is 9.98. The van der Waals surface area contributed by atoms with Crippen LogP contribution in [0.25, 0.3) is 0 Å². The molecule has 0 spiro atoms. The minimum atomic E-state index is 0.0206. The van der Waals surface area contributed by atoms with Gasteiger partial charge in [0.05, 0.1) is 5.71 Å². The third-order valence-corrected chi connectivity index (χ3v) is 1.11. The summed E-state index contributed by atoms with van der Waals surface area (Å²) in [6, 6.07) is 0. The number of aliphatic imine (C=N–C) groups is 1.